The molecule has 160 valence electrons. The van der Waals surface area contributed by atoms with Gasteiger partial charge in [0.2, 0.25) is 0 Å². The number of hydrogen-bond acceptors (Lipinski definition) is 9. The number of rotatable bonds is 5. The van der Waals surface area contributed by atoms with Gasteiger partial charge in [-0.1, -0.05) is 0 Å². The van der Waals surface area contributed by atoms with Crippen molar-refractivity contribution in [3.63, 3.8) is 0 Å². The van der Waals surface area contributed by atoms with Gasteiger partial charge in [0, 0.05) is 30.2 Å². The van der Waals surface area contributed by atoms with Crippen molar-refractivity contribution in [2.75, 3.05) is 22.6 Å². The molecule has 11 nitrogen and oxygen atoms in total. The third kappa shape index (κ3) is 4.41. The monoisotopic (exact) mass is 441 g/mol. The molecule has 0 atom stereocenters. The number of pyridine rings is 1. The molecule has 1 aliphatic heterocycles. The molecule has 0 aliphatic carbocycles. The largest absolute Gasteiger partial charge is 0.488 e. The van der Waals surface area contributed by atoms with E-state index in [1.807, 2.05) is 6.07 Å². The van der Waals surface area contributed by atoms with Gasteiger partial charge in [0.1, 0.15) is 23.1 Å². The van der Waals surface area contributed by atoms with Gasteiger partial charge in [-0.25, -0.2) is 17.9 Å². The molecule has 1 amide bonds. The zero-order chi connectivity index (χ0) is 22.0. The normalized spacial score (nSPS) is 16.0. The van der Waals surface area contributed by atoms with Crippen LogP contribution in [-0.2, 0) is 16.3 Å². The van der Waals surface area contributed by atoms with Crippen molar-refractivity contribution in [1.82, 2.24) is 19.6 Å². The van der Waals surface area contributed by atoms with Gasteiger partial charge in [-0.15, -0.1) is 5.10 Å². The molecule has 1 fully saturated rings. The van der Waals surface area contributed by atoms with Crippen LogP contribution < -0.4 is 15.8 Å². The van der Waals surface area contributed by atoms with Crippen LogP contribution in [0.2, 0.25) is 0 Å². The van der Waals surface area contributed by atoms with Crippen LogP contribution in [0.25, 0.3) is 5.65 Å². The number of anilines is 2. The van der Waals surface area contributed by atoms with Crippen molar-refractivity contribution in [2.24, 2.45) is 0 Å². The van der Waals surface area contributed by atoms with Crippen molar-refractivity contribution in [3.05, 3.63) is 42.0 Å². The lowest BCUT2D eigenvalue weighted by molar-refractivity contribution is 0.102. The average molecular weight is 441 g/mol. The van der Waals surface area contributed by atoms with Crippen LogP contribution in [-0.4, -0.2) is 51.5 Å². The molecule has 12 heteroatoms. The number of nitrogens with one attached hydrogen (secondary N) is 1. The van der Waals surface area contributed by atoms with E-state index in [1.165, 1.54) is 23.1 Å². The number of nitrogens with zero attached hydrogens (tertiary/aromatic N) is 5. The first-order valence-corrected chi connectivity index (χ1v) is 11.3. The van der Waals surface area contributed by atoms with Crippen LogP contribution in [0.1, 0.15) is 28.8 Å². The van der Waals surface area contributed by atoms with E-state index in [-0.39, 0.29) is 41.1 Å². The zero-order valence-corrected chi connectivity index (χ0v) is 17.2. The van der Waals surface area contributed by atoms with E-state index in [1.54, 1.807) is 12.3 Å². The summed E-state index contributed by atoms with van der Waals surface area (Å²) in [5.41, 5.74) is 7.24. The Morgan fingerprint density at radius 2 is 2.13 bits per heavy atom. The van der Waals surface area contributed by atoms with E-state index in [0.717, 1.165) is 0 Å². The van der Waals surface area contributed by atoms with Crippen LogP contribution in [0, 0.1) is 11.3 Å². The molecule has 0 saturated carbocycles. The number of hydrogen-bond donors (Lipinski definition) is 2. The summed E-state index contributed by atoms with van der Waals surface area (Å²) in [5.74, 6) is -0.0295. The minimum atomic E-state index is -3.01. The Morgan fingerprint density at radius 3 is 2.87 bits per heavy atom. The van der Waals surface area contributed by atoms with Crippen LogP contribution in [0.15, 0.2) is 30.9 Å². The number of carbonyl (C=O) groups is 1. The molecule has 31 heavy (non-hydrogen) atoms. The lowest BCUT2D eigenvalue weighted by atomic mass is 10.2. The van der Waals surface area contributed by atoms with Crippen molar-refractivity contribution < 1.29 is 17.9 Å². The van der Waals surface area contributed by atoms with E-state index in [9.17, 15) is 13.2 Å². The number of nitrogens with two attached hydrogens (primary N) is 1. The topological polar surface area (TPSA) is 165 Å². The van der Waals surface area contributed by atoms with Crippen molar-refractivity contribution in [2.45, 2.75) is 25.4 Å². The Hall–Kier alpha value is -3.72. The molecule has 4 rings (SSSR count). The Bertz CT molecular complexity index is 1280. The van der Waals surface area contributed by atoms with Gasteiger partial charge < -0.3 is 15.8 Å². The summed E-state index contributed by atoms with van der Waals surface area (Å²) in [6.07, 6.45) is 6.69. The lowest BCUT2D eigenvalue weighted by Gasteiger charge is -2.24. The van der Waals surface area contributed by atoms with Crippen LogP contribution in [0.3, 0.4) is 0 Å². The van der Waals surface area contributed by atoms with E-state index < -0.39 is 15.7 Å². The highest BCUT2D eigenvalue weighted by Gasteiger charge is 2.26. The number of nitriles is 1. The summed E-state index contributed by atoms with van der Waals surface area (Å²) < 4.78 is 30.6. The molecule has 3 aromatic heterocycles. The fourth-order valence-corrected chi connectivity index (χ4v) is 4.77. The number of nitrogen functional groups attached to an aromatic ring is 1. The maximum Gasteiger partial charge on any atom is 0.263 e. The molecule has 0 bridgehead atoms. The van der Waals surface area contributed by atoms with Crippen molar-refractivity contribution >= 4 is 32.9 Å². The SMILES string of the molecule is N#CCc1cnc2c(C(=O)Nc3cnccc3OC3CCS(=O)(=O)CC3)c(N)nn2c1. The summed E-state index contributed by atoms with van der Waals surface area (Å²) in [6.45, 7) is 0. The molecule has 3 aromatic rings. The quantitative estimate of drug-likeness (QED) is 0.587. The maximum absolute atomic E-state index is 13.0. The summed E-state index contributed by atoms with van der Waals surface area (Å²) >= 11 is 0. The molecule has 1 aliphatic rings. The summed E-state index contributed by atoms with van der Waals surface area (Å²) in [6, 6.07) is 3.63. The highest BCUT2D eigenvalue weighted by atomic mass is 32.2. The molecule has 3 N–H and O–H groups in total. The first kappa shape index (κ1) is 20.5. The summed E-state index contributed by atoms with van der Waals surface area (Å²) in [5, 5.41) is 15.7. The Morgan fingerprint density at radius 1 is 1.35 bits per heavy atom. The Balaban J connectivity index is 1.56. The highest BCUT2D eigenvalue weighted by Crippen LogP contribution is 2.28. The van der Waals surface area contributed by atoms with Crippen molar-refractivity contribution in [1.29, 1.82) is 5.26 Å². The van der Waals surface area contributed by atoms with E-state index in [4.69, 9.17) is 15.7 Å². The minimum Gasteiger partial charge on any atom is -0.488 e. The number of fused-ring (bicyclic) bond motifs is 1. The summed E-state index contributed by atoms with van der Waals surface area (Å²) in [7, 11) is -3.01. The number of sulfone groups is 1. The van der Waals surface area contributed by atoms with Gasteiger partial charge in [0.15, 0.2) is 21.3 Å². The van der Waals surface area contributed by atoms with Gasteiger partial charge >= 0.3 is 0 Å². The molecule has 0 radical (unpaired) electrons. The van der Waals surface area contributed by atoms with Gasteiger partial charge in [-0.05, 0) is 12.8 Å². The number of ether oxygens (including phenoxy) is 1. The Labute approximate surface area is 177 Å². The van der Waals surface area contributed by atoms with Crippen molar-refractivity contribution in [3.8, 4) is 11.8 Å². The van der Waals surface area contributed by atoms with Gasteiger partial charge in [-0.2, -0.15) is 5.26 Å². The second-order valence-electron chi connectivity index (χ2n) is 7.12. The Kier molecular flexibility index (Phi) is 5.43. The van der Waals surface area contributed by atoms with E-state index in [0.29, 0.717) is 29.8 Å². The second kappa shape index (κ2) is 8.19. The van der Waals surface area contributed by atoms with Crippen LogP contribution in [0.5, 0.6) is 5.75 Å². The number of aromatic nitrogens is 4. The third-order valence-electron chi connectivity index (χ3n) is 4.89. The van der Waals surface area contributed by atoms with E-state index >= 15 is 0 Å². The molecule has 0 aromatic carbocycles. The lowest BCUT2D eigenvalue weighted by Crippen LogP contribution is -2.31. The number of amides is 1. The fourth-order valence-electron chi connectivity index (χ4n) is 3.32. The van der Waals surface area contributed by atoms with Gasteiger partial charge in [0.25, 0.3) is 5.91 Å². The standard InChI is InChI=1S/C19H19N7O4S/c20-5-1-12-9-23-18-16(17(21)25-26(18)11-12)19(27)24-14-10-22-6-2-15(14)30-13-3-7-31(28,29)8-4-13/h2,6,9-11,13H,1,3-4,7-8H2,(H2,21,25)(H,24,27). The average Bonchev–Trinajstić information content (AvgIpc) is 3.06. The number of carbonyl (C=O) groups excluding carboxylic acids is 1. The van der Waals surface area contributed by atoms with Gasteiger partial charge in [0.05, 0.1) is 30.2 Å². The predicted octanol–water partition coefficient (Wildman–Crippen LogP) is 0.981. The smallest absolute Gasteiger partial charge is 0.263 e. The van der Waals surface area contributed by atoms with Crippen LogP contribution >= 0.6 is 0 Å². The molecule has 0 unspecified atom stereocenters. The maximum atomic E-state index is 13.0. The van der Waals surface area contributed by atoms with Crippen LogP contribution in [0.4, 0.5) is 11.5 Å². The highest BCUT2D eigenvalue weighted by molar-refractivity contribution is 7.91. The van der Waals surface area contributed by atoms with Gasteiger partial charge in [-0.3, -0.25) is 9.78 Å². The third-order valence-corrected chi connectivity index (χ3v) is 6.60. The molecule has 1 saturated heterocycles. The first-order valence-electron chi connectivity index (χ1n) is 9.48. The fraction of sp³-hybridized carbons (Fsp3) is 0.316. The molecule has 0 spiro atoms. The first-order chi connectivity index (χ1) is 14.9. The predicted molar refractivity (Wildman–Crippen MR) is 111 cm³/mol. The minimum absolute atomic E-state index is 0.0112. The van der Waals surface area contributed by atoms with E-state index in [2.05, 4.69) is 20.4 Å². The summed E-state index contributed by atoms with van der Waals surface area (Å²) in [4.78, 5) is 21.2. The molecular formula is C19H19N7O4S. The molecule has 4 heterocycles. The second-order valence-corrected chi connectivity index (χ2v) is 9.42. The molecular weight excluding hydrogens is 422 g/mol. The zero-order valence-electron chi connectivity index (χ0n) is 16.4.